The van der Waals surface area contributed by atoms with Crippen LogP contribution in [0.1, 0.15) is 21.6 Å². The van der Waals surface area contributed by atoms with E-state index in [1.54, 1.807) is 19.2 Å². The normalized spacial score (nSPS) is 10.4. The predicted octanol–water partition coefficient (Wildman–Crippen LogP) is 2.93. The lowest BCUT2D eigenvalue weighted by atomic mass is 10.2. The number of carbonyl (C=O) groups is 1. The van der Waals surface area contributed by atoms with Gasteiger partial charge in [0.25, 0.3) is 5.91 Å². The Labute approximate surface area is 149 Å². The molecule has 1 amide bonds. The second-order valence-corrected chi connectivity index (χ2v) is 5.66. The lowest BCUT2D eigenvalue weighted by Gasteiger charge is -2.11. The zero-order chi connectivity index (χ0) is 18.5. The number of anilines is 2. The Balaban J connectivity index is 1.72. The number of nitrogens with one attached hydrogen (secondary N) is 3. The van der Waals surface area contributed by atoms with Gasteiger partial charge in [0.2, 0.25) is 0 Å². The van der Waals surface area contributed by atoms with Crippen molar-refractivity contribution in [3.63, 3.8) is 0 Å². The van der Waals surface area contributed by atoms with Crippen molar-refractivity contribution in [1.29, 1.82) is 0 Å². The summed E-state index contributed by atoms with van der Waals surface area (Å²) in [7, 11) is 1.56. The number of aromatic amines is 1. The topological polar surface area (TPSA) is 91.9 Å². The Hall–Kier alpha value is -3.42. The number of aryl methyl sites for hydroxylation is 1. The van der Waals surface area contributed by atoms with Crippen molar-refractivity contribution in [2.45, 2.75) is 13.5 Å². The first-order valence-corrected chi connectivity index (χ1v) is 7.92. The molecule has 26 heavy (non-hydrogen) atoms. The third kappa shape index (κ3) is 3.97. The molecule has 0 unspecified atom stereocenters. The first kappa shape index (κ1) is 17.4. The van der Waals surface area contributed by atoms with Crippen LogP contribution in [0.3, 0.4) is 0 Å². The molecule has 0 aliphatic heterocycles. The number of aromatic nitrogens is 3. The molecule has 134 valence electrons. The number of carbonyl (C=O) groups excluding carboxylic acids is 1. The van der Waals surface area contributed by atoms with Gasteiger partial charge in [0, 0.05) is 6.54 Å². The van der Waals surface area contributed by atoms with E-state index in [1.807, 2.05) is 25.1 Å². The molecule has 0 fully saturated rings. The number of amides is 1. The Morgan fingerprint density at radius 3 is 2.69 bits per heavy atom. The highest BCUT2D eigenvalue weighted by Crippen LogP contribution is 2.28. The fourth-order valence-electron chi connectivity index (χ4n) is 2.39. The maximum Gasteiger partial charge on any atom is 0.275 e. The minimum Gasteiger partial charge on any atom is -0.495 e. The van der Waals surface area contributed by atoms with Crippen molar-refractivity contribution >= 4 is 17.4 Å². The number of ether oxygens (including phenoxy) is 1. The van der Waals surface area contributed by atoms with E-state index in [9.17, 15) is 9.18 Å². The molecule has 3 aromatic rings. The van der Waals surface area contributed by atoms with Crippen LogP contribution in [0.4, 0.5) is 15.9 Å². The molecular formula is C18H18FN5O2. The molecule has 0 spiro atoms. The van der Waals surface area contributed by atoms with Gasteiger partial charge < -0.3 is 15.4 Å². The largest absolute Gasteiger partial charge is 0.495 e. The molecule has 0 atom stereocenters. The first-order valence-electron chi connectivity index (χ1n) is 7.92. The quantitative estimate of drug-likeness (QED) is 0.632. The van der Waals surface area contributed by atoms with Gasteiger partial charge in [-0.3, -0.25) is 4.79 Å². The van der Waals surface area contributed by atoms with Gasteiger partial charge in [-0.2, -0.15) is 5.21 Å². The SMILES string of the molecule is COc1ccc(C)cc1Nc1n[nH]nc1C(=O)NCc1ccc(F)cc1. The van der Waals surface area contributed by atoms with Crippen LogP contribution in [0, 0.1) is 12.7 Å². The average Bonchev–Trinajstić information content (AvgIpc) is 3.09. The van der Waals surface area contributed by atoms with Crippen LogP contribution in [0.2, 0.25) is 0 Å². The van der Waals surface area contributed by atoms with Crippen molar-refractivity contribution in [3.05, 3.63) is 65.1 Å². The summed E-state index contributed by atoms with van der Waals surface area (Å²) in [5, 5.41) is 16.1. The van der Waals surface area contributed by atoms with Crippen LogP contribution in [0.15, 0.2) is 42.5 Å². The second-order valence-electron chi connectivity index (χ2n) is 5.66. The zero-order valence-corrected chi connectivity index (χ0v) is 14.3. The van der Waals surface area contributed by atoms with Gasteiger partial charge in [0.05, 0.1) is 12.8 Å². The average molecular weight is 355 g/mol. The predicted molar refractivity (Wildman–Crippen MR) is 95.0 cm³/mol. The molecule has 1 aromatic heterocycles. The number of methoxy groups -OCH3 is 1. The van der Waals surface area contributed by atoms with E-state index in [0.29, 0.717) is 11.4 Å². The van der Waals surface area contributed by atoms with Crippen LogP contribution >= 0.6 is 0 Å². The summed E-state index contributed by atoms with van der Waals surface area (Å²) in [6.07, 6.45) is 0. The van der Waals surface area contributed by atoms with Crippen LogP contribution in [-0.2, 0) is 6.54 Å². The molecule has 0 saturated carbocycles. The van der Waals surface area contributed by atoms with Crippen molar-refractivity contribution in [3.8, 4) is 5.75 Å². The summed E-state index contributed by atoms with van der Waals surface area (Å²) in [4.78, 5) is 12.4. The van der Waals surface area contributed by atoms with Crippen molar-refractivity contribution in [2.75, 3.05) is 12.4 Å². The van der Waals surface area contributed by atoms with E-state index in [4.69, 9.17) is 4.74 Å². The number of H-pyrrole nitrogens is 1. The lowest BCUT2D eigenvalue weighted by molar-refractivity contribution is 0.0946. The number of benzene rings is 2. The minimum absolute atomic E-state index is 0.121. The molecule has 7 nitrogen and oxygen atoms in total. The Morgan fingerprint density at radius 2 is 1.96 bits per heavy atom. The third-order valence-corrected chi connectivity index (χ3v) is 3.74. The number of halogens is 1. The molecule has 0 aliphatic rings. The van der Waals surface area contributed by atoms with Gasteiger partial charge in [0.15, 0.2) is 11.5 Å². The first-order chi connectivity index (χ1) is 12.6. The van der Waals surface area contributed by atoms with E-state index in [2.05, 4.69) is 26.0 Å². The molecule has 8 heteroatoms. The number of hydrogen-bond acceptors (Lipinski definition) is 5. The molecule has 0 saturated heterocycles. The van der Waals surface area contributed by atoms with Gasteiger partial charge in [0.1, 0.15) is 11.6 Å². The molecule has 3 rings (SSSR count). The Bertz CT molecular complexity index is 908. The van der Waals surface area contributed by atoms with Gasteiger partial charge >= 0.3 is 0 Å². The van der Waals surface area contributed by atoms with E-state index in [1.165, 1.54) is 12.1 Å². The second kappa shape index (κ2) is 7.64. The highest BCUT2D eigenvalue weighted by atomic mass is 19.1. The third-order valence-electron chi connectivity index (χ3n) is 3.74. The van der Waals surface area contributed by atoms with Gasteiger partial charge in [-0.1, -0.05) is 18.2 Å². The molecule has 1 heterocycles. The summed E-state index contributed by atoms with van der Waals surface area (Å²) < 4.78 is 18.2. The molecular weight excluding hydrogens is 337 g/mol. The standard InChI is InChI=1S/C18H18FN5O2/c1-11-3-8-15(26-2)14(9-11)21-17-16(22-24-23-17)18(25)20-10-12-4-6-13(19)7-5-12/h3-9H,10H2,1-2H3,(H,20,25)(H2,21,22,23,24). The fraction of sp³-hybridized carbons (Fsp3) is 0.167. The molecule has 0 bridgehead atoms. The number of hydrogen-bond donors (Lipinski definition) is 3. The highest BCUT2D eigenvalue weighted by Gasteiger charge is 2.17. The van der Waals surface area contributed by atoms with Crippen LogP contribution in [0.25, 0.3) is 0 Å². The summed E-state index contributed by atoms with van der Waals surface area (Å²) in [6, 6.07) is 11.5. The molecule has 0 radical (unpaired) electrons. The van der Waals surface area contributed by atoms with Crippen molar-refractivity contribution in [1.82, 2.24) is 20.7 Å². The van der Waals surface area contributed by atoms with Gasteiger partial charge in [-0.25, -0.2) is 4.39 Å². The van der Waals surface area contributed by atoms with Crippen LogP contribution in [0.5, 0.6) is 5.75 Å². The molecule has 0 aliphatic carbocycles. The monoisotopic (exact) mass is 355 g/mol. The molecule has 2 aromatic carbocycles. The van der Waals surface area contributed by atoms with E-state index >= 15 is 0 Å². The lowest BCUT2D eigenvalue weighted by Crippen LogP contribution is -2.24. The van der Waals surface area contributed by atoms with Crippen LogP contribution in [-0.4, -0.2) is 28.4 Å². The minimum atomic E-state index is -0.405. The van der Waals surface area contributed by atoms with Gasteiger partial charge in [-0.15, -0.1) is 10.2 Å². The maximum absolute atomic E-state index is 12.9. The summed E-state index contributed by atoms with van der Waals surface area (Å²) in [5.74, 6) is 0.175. The van der Waals surface area contributed by atoms with Crippen LogP contribution < -0.4 is 15.4 Å². The van der Waals surface area contributed by atoms with Crippen molar-refractivity contribution < 1.29 is 13.9 Å². The summed E-state index contributed by atoms with van der Waals surface area (Å²) >= 11 is 0. The zero-order valence-electron chi connectivity index (χ0n) is 14.3. The summed E-state index contributed by atoms with van der Waals surface area (Å²) in [6.45, 7) is 2.20. The summed E-state index contributed by atoms with van der Waals surface area (Å²) in [5.41, 5.74) is 2.60. The van der Waals surface area contributed by atoms with E-state index in [-0.39, 0.29) is 23.9 Å². The Morgan fingerprint density at radius 1 is 1.19 bits per heavy atom. The van der Waals surface area contributed by atoms with E-state index in [0.717, 1.165) is 11.1 Å². The van der Waals surface area contributed by atoms with Gasteiger partial charge in [-0.05, 0) is 42.3 Å². The Kier molecular flexibility index (Phi) is 5.12. The maximum atomic E-state index is 12.9. The van der Waals surface area contributed by atoms with E-state index < -0.39 is 5.91 Å². The van der Waals surface area contributed by atoms with Crippen molar-refractivity contribution in [2.24, 2.45) is 0 Å². The number of rotatable bonds is 6. The smallest absolute Gasteiger partial charge is 0.275 e. The number of nitrogens with zero attached hydrogens (tertiary/aromatic N) is 2. The highest BCUT2D eigenvalue weighted by molar-refractivity contribution is 5.97. The fourth-order valence-corrected chi connectivity index (χ4v) is 2.39. The molecule has 3 N–H and O–H groups in total.